The summed E-state index contributed by atoms with van der Waals surface area (Å²) in [6, 6.07) is 0. The van der Waals surface area contributed by atoms with Gasteiger partial charge in [-0.05, 0) is 36.8 Å². The zero-order chi connectivity index (χ0) is 10.6. The van der Waals surface area contributed by atoms with Crippen LogP contribution in [0.3, 0.4) is 0 Å². The third kappa shape index (κ3) is 3.61. The summed E-state index contributed by atoms with van der Waals surface area (Å²) in [7, 11) is 0. The highest BCUT2D eigenvalue weighted by Crippen LogP contribution is 2.36. The topological polar surface area (TPSA) is 12.0 Å². The van der Waals surface area contributed by atoms with Crippen LogP contribution in [0, 0.1) is 23.7 Å². The molecule has 1 fully saturated rings. The van der Waals surface area contributed by atoms with Crippen molar-refractivity contribution in [3.63, 3.8) is 0 Å². The van der Waals surface area contributed by atoms with Gasteiger partial charge in [0.2, 0.25) is 0 Å². The first-order chi connectivity index (χ1) is 6.61. The summed E-state index contributed by atoms with van der Waals surface area (Å²) in [5.41, 5.74) is 0. The Labute approximate surface area is 89.7 Å². The number of rotatable bonds is 6. The largest absolute Gasteiger partial charge is 0.316 e. The number of nitrogens with one attached hydrogen (secondary N) is 1. The van der Waals surface area contributed by atoms with Crippen molar-refractivity contribution in [2.45, 2.75) is 47.0 Å². The van der Waals surface area contributed by atoms with Gasteiger partial charge < -0.3 is 5.32 Å². The second kappa shape index (κ2) is 5.75. The summed E-state index contributed by atoms with van der Waals surface area (Å²) >= 11 is 0. The van der Waals surface area contributed by atoms with E-state index in [2.05, 4.69) is 33.0 Å². The molecule has 1 atom stereocenters. The lowest BCUT2D eigenvalue weighted by atomic mass is 9.71. The van der Waals surface area contributed by atoms with Crippen LogP contribution >= 0.6 is 0 Å². The average molecular weight is 197 g/mol. The molecule has 0 radical (unpaired) electrons. The minimum absolute atomic E-state index is 0.782. The van der Waals surface area contributed by atoms with Gasteiger partial charge in [0, 0.05) is 0 Å². The van der Waals surface area contributed by atoms with Crippen molar-refractivity contribution in [3.8, 4) is 0 Å². The average Bonchev–Trinajstić information content (AvgIpc) is 1.98. The molecule has 0 heterocycles. The lowest BCUT2D eigenvalue weighted by Crippen LogP contribution is -2.36. The smallest absolute Gasteiger partial charge is 0.00153 e. The normalized spacial score (nSPS) is 20.1. The molecule has 0 spiro atoms. The molecule has 0 bridgehead atoms. The van der Waals surface area contributed by atoms with Crippen molar-refractivity contribution in [1.29, 1.82) is 0 Å². The lowest BCUT2D eigenvalue weighted by Gasteiger charge is -2.36. The zero-order valence-corrected chi connectivity index (χ0v) is 10.3. The van der Waals surface area contributed by atoms with Crippen molar-refractivity contribution < 1.29 is 0 Å². The fourth-order valence-corrected chi connectivity index (χ4v) is 2.35. The molecule has 0 saturated heterocycles. The van der Waals surface area contributed by atoms with Crippen LogP contribution < -0.4 is 5.32 Å². The van der Waals surface area contributed by atoms with Crippen LogP contribution in [-0.2, 0) is 0 Å². The van der Waals surface area contributed by atoms with Gasteiger partial charge in [0.15, 0.2) is 0 Å². The summed E-state index contributed by atoms with van der Waals surface area (Å²) in [6.45, 7) is 11.7. The molecule has 1 heteroatoms. The molecule has 0 aliphatic heterocycles. The number of hydrogen-bond acceptors (Lipinski definition) is 1. The third-order valence-corrected chi connectivity index (χ3v) is 3.54. The van der Waals surface area contributed by atoms with E-state index in [9.17, 15) is 0 Å². The van der Waals surface area contributed by atoms with Gasteiger partial charge in [-0.2, -0.15) is 0 Å². The SMILES string of the molecule is CC(C)CNCC(C(C)C)C1CCC1. The Bertz CT molecular complexity index is 147. The first-order valence-corrected chi connectivity index (χ1v) is 6.32. The van der Waals surface area contributed by atoms with Gasteiger partial charge in [-0.15, -0.1) is 0 Å². The molecule has 0 aromatic rings. The maximum absolute atomic E-state index is 3.62. The van der Waals surface area contributed by atoms with Crippen LogP contribution in [0.4, 0.5) is 0 Å². The fraction of sp³-hybridized carbons (Fsp3) is 1.00. The van der Waals surface area contributed by atoms with Gasteiger partial charge in [0.25, 0.3) is 0 Å². The van der Waals surface area contributed by atoms with Crippen molar-refractivity contribution in [1.82, 2.24) is 5.32 Å². The van der Waals surface area contributed by atoms with Crippen LogP contribution in [0.2, 0.25) is 0 Å². The molecule has 1 rings (SSSR count). The molecular weight excluding hydrogens is 170 g/mol. The Morgan fingerprint density at radius 3 is 2.07 bits per heavy atom. The molecule has 1 aliphatic carbocycles. The Kier molecular flexibility index (Phi) is 4.94. The maximum atomic E-state index is 3.62. The molecule has 1 nitrogen and oxygen atoms in total. The summed E-state index contributed by atoms with van der Waals surface area (Å²) < 4.78 is 0. The van der Waals surface area contributed by atoms with Gasteiger partial charge in [-0.1, -0.05) is 47.0 Å². The molecule has 1 unspecified atom stereocenters. The van der Waals surface area contributed by atoms with E-state index in [1.54, 1.807) is 0 Å². The van der Waals surface area contributed by atoms with E-state index in [4.69, 9.17) is 0 Å². The van der Waals surface area contributed by atoms with E-state index in [1.165, 1.54) is 32.4 Å². The summed E-state index contributed by atoms with van der Waals surface area (Å²) in [4.78, 5) is 0. The highest BCUT2D eigenvalue weighted by Gasteiger charge is 2.28. The minimum Gasteiger partial charge on any atom is -0.316 e. The van der Waals surface area contributed by atoms with Gasteiger partial charge >= 0.3 is 0 Å². The number of hydrogen-bond donors (Lipinski definition) is 1. The van der Waals surface area contributed by atoms with Crippen molar-refractivity contribution in [2.75, 3.05) is 13.1 Å². The molecule has 1 aliphatic rings. The molecule has 1 N–H and O–H groups in total. The molecule has 0 aromatic heterocycles. The van der Waals surface area contributed by atoms with Crippen LogP contribution in [-0.4, -0.2) is 13.1 Å². The monoisotopic (exact) mass is 197 g/mol. The highest BCUT2D eigenvalue weighted by atomic mass is 14.9. The summed E-state index contributed by atoms with van der Waals surface area (Å²) in [5, 5.41) is 3.62. The van der Waals surface area contributed by atoms with E-state index in [0.717, 1.165) is 23.7 Å². The van der Waals surface area contributed by atoms with E-state index >= 15 is 0 Å². The maximum Gasteiger partial charge on any atom is -0.00153 e. The van der Waals surface area contributed by atoms with Crippen LogP contribution in [0.5, 0.6) is 0 Å². The van der Waals surface area contributed by atoms with Gasteiger partial charge in [0.1, 0.15) is 0 Å². The Hall–Kier alpha value is -0.0400. The Balaban J connectivity index is 2.21. The van der Waals surface area contributed by atoms with Crippen molar-refractivity contribution >= 4 is 0 Å². The van der Waals surface area contributed by atoms with Crippen molar-refractivity contribution in [3.05, 3.63) is 0 Å². The van der Waals surface area contributed by atoms with Gasteiger partial charge in [-0.3, -0.25) is 0 Å². The van der Waals surface area contributed by atoms with Gasteiger partial charge in [-0.25, -0.2) is 0 Å². The van der Waals surface area contributed by atoms with Crippen molar-refractivity contribution in [2.24, 2.45) is 23.7 Å². The van der Waals surface area contributed by atoms with Gasteiger partial charge in [0.05, 0.1) is 0 Å². The first kappa shape index (κ1) is 12.0. The minimum atomic E-state index is 0.782. The molecule has 0 amide bonds. The molecule has 1 saturated carbocycles. The third-order valence-electron chi connectivity index (χ3n) is 3.54. The Morgan fingerprint density at radius 1 is 1.07 bits per heavy atom. The second-order valence-electron chi connectivity index (χ2n) is 5.65. The van der Waals surface area contributed by atoms with E-state index < -0.39 is 0 Å². The van der Waals surface area contributed by atoms with E-state index in [1.807, 2.05) is 0 Å². The molecular formula is C13H27N. The van der Waals surface area contributed by atoms with E-state index in [0.29, 0.717) is 0 Å². The summed E-state index contributed by atoms with van der Waals surface area (Å²) in [5.74, 6) is 3.57. The zero-order valence-electron chi connectivity index (χ0n) is 10.3. The highest BCUT2D eigenvalue weighted by molar-refractivity contribution is 4.81. The summed E-state index contributed by atoms with van der Waals surface area (Å²) in [6.07, 6.45) is 4.43. The lowest BCUT2D eigenvalue weighted by molar-refractivity contribution is 0.155. The van der Waals surface area contributed by atoms with Crippen LogP contribution in [0.15, 0.2) is 0 Å². The van der Waals surface area contributed by atoms with Crippen LogP contribution in [0.25, 0.3) is 0 Å². The fourth-order valence-electron chi connectivity index (χ4n) is 2.35. The quantitative estimate of drug-likeness (QED) is 0.689. The second-order valence-corrected chi connectivity index (χ2v) is 5.65. The Morgan fingerprint density at radius 2 is 1.71 bits per heavy atom. The predicted molar refractivity (Wildman–Crippen MR) is 63.4 cm³/mol. The standard InChI is InChI=1S/C13H27N/c1-10(2)8-14-9-13(11(3)4)12-6-5-7-12/h10-14H,5-9H2,1-4H3. The molecule has 84 valence electrons. The predicted octanol–water partition coefficient (Wildman–Crippen LogP) is 3.30. The molecule has 0 aromatic carbocycles. The first-order valence-electron chi connectivity index (χ1n) is 6.32. The van der Waals surface area contributed by atoms with E-state index in [-0.39, 0.29) is 0 Å². The van der Waals surface area contributed by atoms with Crippen LogP contribution in [0.1, 0.15) is 47.0 Å². The molecule has 14 heavy (non-hydrogen) atoms.